The number of aryl methyl sites for hydroxylation is 2. The number of amides is 1. The Bertz CT molecular complexity index is 430. The zero-order valence-corrected chi connectivity index (χ0v) is 11.8. The van der Waals surface area contributed by atoms with E-state index in [9.17, 15) is 4.79 Å². The van der Waals surface area contributed by atoms with Gasteiger partial charge in [-0.15, -0.1) is 0 Å². The first-order valence-corrected chi connectivity index (χ1v) is 6.16. The van der Waals surface area contributed by atoms with Gasteiger partial charge in [0.05, 0.1) is 13.2 Å². The molecule has 1 aromatic rings. The van der Waals surface area contributed by atoms with Crippen LogP contribution in [-0.4, -0.2) is 33.2 Å². The van der Waals surface area contributed by atoms with Crippen molar-refractivity contribution in [3.8, 4) is 5.75 Å². The maximum Gasteiger partial charge on any atom is 0.240 e. The molecule has 0 aromatic heterocycles. The smallest absolute Gasteiger partial charge is 0.240 e. The molecule has 1 N–H and O–H groups in total. The molecular weight excluding hydrogens is 228 g/mol. The lowest BCUT2D eigenvalue weighted by Gasteiger charge is -2.21. The number of likely N-dealkylation sites (N-methyl/N-ethyl adjacent to an activating group) is 2. The summed E-state index contributed by atoms with van der Waals surface area (Å²) < 4.78 is 5.54. The standard InChI is InChI=1S/C14H22N2O2/c1-6-18-13-8-10(2)12(7-11(13)3)16(5)14(17)9-15-4/h7-8,15H,6,9H2,1-5H3. The van der Waals surface area contributed by atoms with Crippen LogP contribution in [0.2, 0.25) is 0 Å². The van der Waals surface area contributed by atoms with Gasteiger partial charge in [0, 0.05) is 12.7 Å². The minimum absolute atomic E-state index is 0.0455. The third-order valence-electron chi connectivity index (χ3n) is 2.86. The molecule has 0 heterocycles. The summed E-state index contributed by atoms with van der Waals surface area (Å²) in [5.74, 6) is 0.928. The van der Waals surface area contributed by atoms with Crippen LogP contribution in [0.15, 0.2) is 12.1 Å². The predicted molar refractivity (Wildman–Crippen MR) is 74.4 cm³/mol. The van der Waals surface area contributed by atoms with Gasteiger partial charge in [-0.1, -0.05) is 0 Å². The summed E-state index contributed by atoms with van der Waals surface area (Å²) in [5.41, 5.74) is 3.01. The van der Waals surface area contributed by atoms with E-state index in [0.717, 1.165) is 22.6 Å². The van der Waals surface area contributed by atoms with Gasteiger partial charge in [0.1, 0.15) is 5.75 Å². The fraction of sp³-hybridized carbons (Fsp3) is 0.500. The second-order valence-electron chi connectivity index (χ2n) is 4.32. The Morgan fingerprint density at radius 3 is 2.56 bits per heavy atom. The fourth-order valence-electron chi connectivity index (χ4n) is 1.85. The molecule has 18 heavy (non-hydrogen) atoms. The maximum atomic E-state index is 11.8. The highest BCUT2D eigenvalue weighted by Gasteiger charge is 2.14. The van der Waals surface area contributed by atoms with Crippen molar-refractivity contribution in [2.24, 2.45) is 0 Å². The molecule has 4 nitrogen and oxygen atoms in total. The summed E-state index contributed by atoms with van der Waals surface area (Å²) in [6.07, 6.45) is 0. The summed E-state index contributed by atoms with van der Waals surface area (Å²) in [7, 11) is 3.56. The normalized spacial score (nSPS) is 10.3. The summed E-state index contributed by atoms with van der Waals surface area (Å²) >= 11 is 0. The van der Waals surface area contributed by atoms with Crippen molar-refractivity contribution in [1.82, 2.24) is 5.32 Å². The molecule has 0 bridgehead atoms. The van der Waals surface area contributed by atoms with Gasteiger partial charge in [-0.3, -0.25) is 4.79 Å². The summed E-state index contributed by atoms with van der Waals surface area (Å²) in [4.78, 5) is 13.5. The van der Waals surface area contributed by atoms with Crippen LogP contribution >= 0.6 is 0 Å². The van der Waals surface area contributed by atoms with Gasteiger partial charge >= 0.3 is 0 Å². The number of carbonyl (C=O) groups is 1. The minimum Gasteiger partial charge on any atom is -0.494 e. The molecule has 1 rings (SSSR count). The molecule has 0 aliphatic rings. The molecule has 0 aliphatic heterocycles. The van der Waals surface area contributed by atoms with E-state index in [1.807, 2.05) is 32.9 Å². The molecule has 0 spiro atoms. The van der Waals surface area contributed by atoms with E-state index in [1.165, 1.54) is 0 Å². The monoisotopic (exact) mass is 250 g/mol. The van der Waals surface area contributed by atoms with E-state index in [4.69, 9.17) is 4.74 Å². The van der Waals surface area contributed by atoms with Crippen molar-refractivity contribution in [3.63, 3.8) is 0 Å². The molecule has 1 aromatic carbocycles. The molecule has 0 saturated heterocycles. The average molecular weight is 250 g/mol. The number of nitrogens with one attached hydrogen (secondary N) is 1. The highest BCUT2D eigenvalue weighted by atomic mass is 16.5. The summed E-state index contributed by atoms with van der Waals surface area (Å²) in [6.45, 7) is 6.92. The van der Waals surface area contributed by atoms with Crippen molar-refractivity contribution in [2.75, 3.05) is 32.1 Å². The van der Waals surface area contributed by atoms with Crippen molar-refractivity contribution < 1.29 is 9.53 Å². The van der Waals surface area contributed by atoms with Gasteiger partial charge in [-0.05, 0) is 51.1 Å². The van der Waals surface area contributed by atoms with E-state index in [2.05, 4.69) is 5.32 Å². The van der Waals surface area contributed by atoms with E-state index in [0.29, 0.717) is 13.2 Å². The van der Waals surface area contributed by atoms with Crippen molar-refractivity contribution in [1.29, 1.82) is 0 Å². The van der Waals surface area contributed by atoms with Crippen LogP contribution in [-0.2, 0) is 4.79 Å². The molecule has 0 aliphatic carbocycles. The van der Waals surface area contributed by atoms with E-state index in [1.54, 1.807) is 19.0 Å². The molecule has 4 heteroatoms. The zero-order valence-electron chi connectivity index (χ0n) is 11.8. The topological polar surface area (TPSA) is 41.6 Å². The van der Waals surface area contributed by atoms with E-state index in [-0.39, 0.29) is 5.91 Å². The van der Waals surface area contributed by atoms with Crippen LogP contribution in [0, 0.1) is 13.8 Å². The van der Waals surface area contributed by atoms with Crippen molar-refractivity contribution >= 4 is 11.6 Å². The van der Waals surface area contributed by atoms with Gasteiger partial charge < -0.3 is 15.0 Å². The SMILES string of the molecule is CCOc1cc(C)c(N(C)C(=O)CNC)cc1C. The Hall–Kier alpha value is -1.55. The first-order valence-electron chi connectivity index (χ1n) is 6.16. The summed E-state index contributed by atoms with van der Waals surface area (Å²) in [5, 5.41) is 2.87. The Morgan fingerprint density at radius 1 is 1.33 bits per heavy atom. The van der Waals surface area contributed by atoms with Crippen molar-refractivity contribution in [3.05, 3.63) is 23.3 Å². The zero-order chi connectivity index (χ0) is 13.7. The largest absolute Gasteiger partial charge is 0.494 e. The first kappa shape index (κ1) is 14.5. The van der Waals surface area contributed by atoms with Gasteiger partial charge in [0.15, 0.2) is 0 Å². The number of hydrogen-bond acceptors (Lipinski definition) is 3. The predicted octanol–water partition coefficient (Wildman–Crippen LogP) is 1.88. The fourth-order valence-corrected chi connectivity index (χ4v) is 1.85. The average Bonchev–Trinajstić information content (AvgIpc) is 2.33. The van der Waals surface area contributed by atoms with Crippen LogP contribution in [0.5, 0.6) is 5.75 Å². The number of carbonyl (C=O) groups excluding carboxylic acids is 1. The molecule has 0 atom stereocenters. The molecule has 0 fully saturated rings. The van der Waals surface area contributed by atoms with Crippen LogP contribution in [0.25, 0.3) is 0 Å². The van der Waals surface area contributed by atoms with Crippen LogP contribution in [0.4, 0.5) is 5.69 Å². The summed E-state index contributed by atoms with van der Waals surface area (Å²) in [6, 6.07) is 3.98. The Balaban J connectivity index is 3.03. The molecule has 100 valence electrons. The maximum absolute atomic E-state index is 11.8. The van der Waals surface area contributed by atoms with Crippen LogP contribution in [0.3, 0.4) is 0 Å². The number of nitrogens with zero attached hydrogens (tertiary/aromatic N) is 1. The van der Waals surface area contributed by atoms with E-state index < -0.39 is 0 Å². The molecule has 0 saturated carbocycles. The Kier molecular flexibility index (Phi) is 5.16. The van der Waals surface area contributed by atoms with Gasteiger partial charge in [-0.25, -0.2) is 0 Å². The molecule has 0 radical (unpaired) electrons. The van der Waals surface area contributed by atoms with Gasteiger partial charge in [0.2, 0.25) is 5.91 Å². The minimum atomic E-state index is 0.0455. The van der Waals surface area contributed by atoms with Crippen LogP contribution < -0.4 is 15.0 Å². The molecule has 0 unspecified atom stereocenters. The van der Waals surface area contributed by atoms with Crippen LogP contribution in [0.1, 0.15) is 18.1 Å². The molecular formula is C14H22N2O2. The number of anilines is 1. The third kappa shape index (κ3) is 3.23. The Labute approximate surface area is 109 Å². The van der Waals surface area contributed by atoms with Gasteiger partial charge in [-0.2, -0.15) is 0 Å². The number of rotatable bonds is 5. The van der Waals surface area contributed by atoms with Gasteiger partial charge in [0.25, 0.3) is 0 Å². The third-order valence-corrected chi connectivity index (χ3v) is 2.86. The highest BCUT2D eigenvalue weighted by Crippen LogP contribution is 2.28. The highest BCUT2D eigenvalue weighted by molar-refractivity contribution is 5.95. The second-order valence-corrected chi connectivity index (χ2v) is 4.32. The second kappa shape index (κ2) is 6.40. The van der Waals surface area contributed by atoms with E-state index >= 15 is 0 Å². The molecule has 1 amide bonds. The van der Waals surface area contributed by atoms with Crippen molar-refractivity contribution in [2.45, 2.75) is 20.8 Å². The number of benzene rings is 1. The first-order chi connectivity index (χ1) is 8.51. The number of ether oxygens (including phenoxy) is 1. The number of hydrogen-bond donors (Lipinski definition) is 1. The lowest BCUT2D eigenvalue weighted by molar-refractivity contribution is -0.117. The Morgan fingerprint density at radius 2 is 2.00 bits per heavy atom. The quantitative estimate of drug-likeness (QED) is 0.867. The lowest BCUT2D eigenvalue weighted by atomic mass is 10.1. The lowest BCUT2D eigenvalue weighted by Crippen LogP contribution is -2.34.